The number of hydrogen-bond donors (Lipinski definition) is 1. The molecule has 0 aliphatic carbocycles. The Balaban J connectivity index is 2.45. The van der Waals surface area contributed by atoms with Crippen LogP contribution in [0.4, 0.5) is 0 Å². The Bertz CT molecular complexity index is 365. The molecule has 13 heavy (non-hydrogen) atoms. The molecule has 1 aromatic rings. The van der Waals surface area contributed by atoms with Crippen LogP contribution in [0.5, 0.6) is 5.75 Å². The number of phenolic OH excluding ortho intramolecular Hbond substituents is 1. The third kappa shape index (κ3) is 1.18. The molecular weight excluding hydrogens is 165 g/mol. The summed E-state index contributed by atoms with van der Waals surface area (Å²) in [6.45, 7) is 0.547. The predicted octanol–water partition coefficient (Wildman–Crippen LogP) is 0.474. The van der Waals surface area contributed by atoms with Crippen LogP contribution >= 0.6 is 0 Å². The Kier molecular flexibility index (Phi) is 1.76. The van der Waals surface area contributed by atoms with Crippen LogP contribution in [-0.4, -0.2) is 30.2 Å². The molecular formula is C9H8BNO2. The lowest BCUT2D eigenvalue weighted by atomic mass is 10.1. The molecule has 0 fully saturated rings. The van der Waals surface area contributed by atoms with Gasteiger partial charge in [0, 0.05) is 12.1 Å². The van der Waals surface area contributed by atoms with Crippen LogP contribution < -0.4 is 0 Å². The lowest BCUT2D eigenvalue weighted by molar-refractivity contribution is 0.0805. The van der Waals surface area contributed by atoms with E-state index in [2.05, 4.69) is 0 Å². The summed E-state index contributed by atoms with van der Waals surface area (Å²) in [6, 6.07) is 4.80. The molecule has 1 N–H and O–H groups in total. The van der Waals surface area contributed by atoms with Gasteiger partial charge in [-0.05, 0) is 24.1 Å². The molecule has 0 bridgehead atoms. The predicted molar refractivity (Wildman–Crippen MR) is 48.6 cm³/mol. The highest BCUT2D eigenvalue weighted by Crippen LogP contribution is 2.25. The van der Waals surface area contributed by atoms with Crippen molar-refractivity contribution in [2.75, 3.05) is 6.44 Å². The van der Waals surface area contributed by atoms with Gasteiger partial charge in [-0.1, -0.05) is 6.07 Å². The fraction of sp³-hybridized carbons (Fsp3) is 0.222. The SMILES string of the molecule is [B]CN1Cc2ccc(O)cc2C1=O. The summed E-state index contributed by atoms with van der Waals surface area (Å²) in [5.41, 5.74) is 1.48. The van der Waals surface area contributed by atoms with Gasteiger partial charge in [-0.2, -0.15) is 0 Å². The van der Waals surface area contributed by atoms with Crippen molar-refractivity contribution in [2.24, 2.45) is 0 Å². The summed E-state index contributed by atoms with van der Waals surface area (Å²) in [5.74, 6) is 0.0133. The van der Waals surface area contributed by atoms with Crippen LogP contribution in [0, 0.1) is 0 Å². The van der Waals surface area contributed by atoms with Gasteiger partial charge in [-0.15, -0.1) is 0 Å². The first-order valence-electron chi connectivity index (χ1n) is 4.03. The van der Waals surface area contributed by atoms with E-state index >= 15 is 0 Å². The Morgan fingerprint density at radius 2 is 2.31 bits per heavy atom. The minimum Gasteiger partial charge on any atom is -0.508 e. The minimum absolute atomic E-state index is 0.103. The highest BCUT2D eigenvalue weighted by atomic mass is 16.3. The number of hydrogen-bond acceptors (Lipinski definition) is 2. The van der Waals surface area contributed by atoms with Crippen molar-refractivity contribution >= 4 is 13.8 Å². The van der Waals surface area contributed by atoms with E-state index in [1.165, 1.54) is 11.0 Å². The number of nitrogens with zero attached hydrogens (tertiary/aromatic N) is 1. The van der Waals surface area contributed by atoms with Crippen molar-refractivity contribution in [2.45, 2.75) is 6.54 Å². The van der Waals surface area contributed by atoms with E-state index in [0.717, 1.165) is 5.56 Å². The highest BCUT2D eigenvalue weighted by Gasteiger charge is 2.25. The van der Waals surface area contributed by atoms with Crippen LogP contribution in [0.15, 0.2) is 18.2 Å². The van der Waals surface area contributed by atoms with Crippen LogP contribution in [0.3, 0.4) is 0 Å². The molecule has 1 aliphatic heterocycles. The van der Waals surface area contributed by atoms with E-state index in [9.17, 15) is 9.90 Å². The van der Waals surface area contributed by atoms with Gasteiger partial charge in [0.15, 0.2) is 0 Å². The Labute approximate surface area is 77.4 Å². The Morgan fingerprint density at radius 3 is 3.00 bits per heavy atom. The van der Waals surface area contributed by atoms with Crippen molar-refractivity contribution in [3.05, 3.63) is 29.3 Å². The summed E-state index contributed by atoms with van der Waals surface area (Å²) >= 11 is 0. The number of phenols is 1. The van der Waals surface area contributed by atoms with Crippen LogP contribution in [0.2, 0.25) is 0 Å². The zero-order valence-electron chi connectivity index (χ0n) is 7.03. The normalized spacial score (nSPS) is 14.8. The van der Waals surface area contributed by atoms with Gasteiger partial charge in [0.1, 0.15) is 5.75 Å². The number of fused-ring (bicyclic) bond motifs is 1. The largest absolute Gasteiger partial charge is 0.508 e. The third-order valence-electron chi connectivity index (χ3n) is 2.19. The maximum absolute atomic E-state index is 11.5. The number of carbonyl (C=O) groups is 1. The molecule has 1 amide bonds. The first-order chi connectivity index (χ1) is 6.22. The molecule has 0 aromatic heterocycles. The maximum atomic E-state index is 11.5. The Hall–Kier alpha value is -1.45. The van der Waals surface area contributed by atoms with E-state index in [1.54, 1.807) is 12.1 Å². The maximum Gasteiger partial charge on any atom is 0.253 e. The Morgan fingerprint density at radius 1 is 1.54 bits per heavy atom. The van der Waals surface area contributed by atoms with Gasteiger partial charge in [0.2, 0.25) is 0 Å². The summed E-state index contributed by atoms with van der Waals surface area (Å²) < 4.78 is 0. The first kappa shape index (κ1) is 8.17. The van der Waals surface area contributed by atoms with Crippen molar-refractivity contribution in [1.82, 2.24) is 4.90 Å². The third-order valence-corrected chi connectivity index (χ3v) is 2.19. The zero-order valence-corrected chi connectivity index (χ0v) is 7.03. The molecule has 0 spiro atoms. The highest BCUT2D eigenvalue weighted by molar-refractivity contribution is 6.11. The van der Waals surface area contributed by atoms with E-state index in [-0.39, 0.29) is 18.1 Å². The standard InChI is InChI=1S/C9H8BNO2/c10-5-11-4-6-1-2-7(12)3-8(6)9(11)13/h1-3,12H,4-5H2. The van der Waals surface area contributed by atoms with Gasteiger partial charge in [-0.3, -0.25) is 4.79 Å². The number of rotatable bonds is 1. The number of amides is 1. The second-order valence-electron chi connectivity index (χ2n) is 3.03. The van der Waals surface area contributed by atoms with E-state index < -0.39 is 0 Å². The summed E-state index contributed by atoms with van der Waals surface area (Å²) in [4.78, 5) is 13.0. The van der Waals surface area contributed by atoms with Crippen molar-refractivity contribution < 1.29 is 9.90 Å². The van der Waals surface area contributed by atoms with E-state index in [1.807, 2.05) is 0 Å². The molecule has 4 heteroatoms. The van der Waals surface area contributed by atoms with Crippen molar-refractivity contribution in [3.63, 3.8) is 0 Å². The molecule has 0 saturated heterocycles. The van der Waals surface area contributed by atoms with Crippen LogP contribution in [0.1, 0.15) is 15.9 Å². The molecule has 3 nitrogen and oxygen atoms in total. The molecule has 2 radical (unpaired) electrons. The molecule has 2 rings (SSSR count). The number of benzene rings is 1. The van der Waals surface area contributed by atoms with Gasteiger partial charge in [0.25, 0.3) is 5.91 Å². The second-order valence-corrected chi connectivity index (χ2v) is 3.03. The monoisotopic (exact) mass is 173 g/mol. The van der Waals surface area contributed by atoms with Gasteiger partial charge in [0.05, 0.1) is 7.85 Å². The van der Waals surface area contributed by atoms with Crippen LogP contribution in [0.25, 0.3) is 0 Å². The second kappa shape index (κ2) is 2.80. The van der Waals surface area contributed by atoms with Gasteiger partial charge < -0.3 is 10.0 Å². The zero-order chi connectivity index (χ0) is 9.42. The lowest BCUT2D eigenvalue weighted by Gasteiger charge is -2.11. The lowest BCUT2D eigenvalue weighted by Crippen LogP contribution is -2.24. The van der Waals surface area contributed by atoms with Crippen LogP contribution in [-0.2, 0) is 6.54 Å². The molecule has 0 atom stereocenters. The smallest absolute Gasteiger partial charge is 0.253 e. The molecule has 0 unspecified atom stereocenters. The minimum atomic E-state index is -0.103. The fourth-order valence-corrected chi connectivity index (χ4v) is 1.50. The average Bonchev–Trinajstić information content (AvgIpc) is 2.44. The van der Waals surface area contributed by atoms with E-state index in [0.29, 0.717) is 12.1 Å². The van der Waals surface area contributed by atoms with Crippen molar-refractivity contribution in [1.29, 1.82) is 0 Å². The summed E-state index contributed by atoms with van der Waals surface area (Å²) in [7, 11) is 5.38. The molecule has 1 aromatic carbocycles. The number of aromatic hydroxyl groups is 1. The average molecular weight is 173 g/mol. The summed E-state index contributed by atoms with van der Waals surface area (Å²) in [5, 5.41) is 9.17. The topological polar surface area (TPSA) is 40.5 Å². The molecule has 0 saturated carbocycles. The quantitative estimate of drug-likeness (QED) is 0.627. The molecule has 64 valence electrons. The fourth-order valence-electron chi connectivity index (χ4n) is 1.50. The number of carbonyl (C=O) groups excluding carboxylic acids is 1. The van der Waals surface area contributed by atoms with E-state index in [4.69, 9.17) is 7.85 Å². The first-order valence-corrected chi connectivity index (χ1v) is 4.03. The van der Waals surface area contributed by atoms with Gasteiger partial charge in [-0.25, -0.2) is 0 Å². The molecule has 1 aliphatic rings. The van der Waals surface area contributed by atoms with Crippen molar-refractivity contribution in [3.8, 4) is 5.75 Å². The molecule has 1 heterocycles. The summed E-state index contributed by atoms with van der Waals surface area (Å²) in [6.07, 6.45) is 0.217. The van der Waals surface area contributed by atoms with Gasteiger partial charge >= 0.3 is 0 Å².